The van der Waals surface area contributed by atoms with Gasteiger partial charge in [-0.2, -0.15) is 0 Å². The standard InChI is InChI=1S/C9H14N2S/c1-4-6-9(2,10-3)8-5-7-11-12-8/h4-7,10H,1-3H3/b6-4+. The van der Waals surface area contributed by atoms with E-state index >= 15 is 0 Å². The van der Waals surface area contributed by atoms with Crippen molar-refractivity contribution in [3.8, 4) is 0 Å². The zero-order valence-electron chi connectivity index (χ0n) is 7.66. The zero-order chi connectivity index (χ0) is 9.03. The SMILES string of the molecule is C/C=C/C(C)(NC)c1ccns1. The lowest BCUT2D eigenvalue weighted by atomic mass is 10.0. The Labute approximate surface area is 77.5 Å². The Hall–Kier alpha value is -0.670. The number of allylic oxidation sites excluding steroid dienone is 1. The predicted octanol–water partition coefficient (Wildman–Crippen LogP) is 2.15. The molecule has 3 heteroatoms. The number of nitrogens with zero attached hydrogens (tertiary/aromatic N) is 1. The van der Waals surface area contributed by atoms with Gasteiger partial charge in [-0.1, -0.05) is 12.2 Å². The first-order valence-electron chi connectivity index (χ1n) is 3.97. The lowest BCUT2D eigenvalue weighted by Gasteiger charge is -2.23. The van der Waals surface area contributed by atoms with E-state index in [1.54, 1.807) is 0 Å². The third-order valence-corrected chi connectivity index (χ3v) is 2.95. The Morgan fingerprint density at radius 3 is 2.83 bits per heavy atom. The second-order valence-electron chi connectivity index (χ2n) is 2.83. The first kappa shape index (κ1) is 9.42. The topological polar surface area (TPSA) is 24.9 Å². The van der Waals surface area contributed by atoms with Crippen molar-refractivity contribution in [2.24, 2.45) is 0 Å². The largest absolute Gasteiger partial charge is 0.307 e. The Kier molecular flexibility index (Phi) is 3.00. The van der Waals surface area contributed by atoms with E-state index in [2.05, 4.69) is 28.8 Å². The summed E-state index contributed by atoms with van der Waals surface area (Å²) in [4.78, 5) is 1.24. The highest BCUT2D eigenvalue weighted by atomic mass is 32.1. The average Bonchev–Trinajstić information content (AvgIpc) is 2.57. The first-order chi connectivity index (χ1) is 5.73. The summed E-state index contributed by atoms with van der Waals surface area (Å²) in [6.45, 7) is 4.16. The normalized spacial score (nSPS) is 16.6. The van der Waals surface area contributed by atoms with Crippen LogP contribution < -0.4 is 5.32 Å². The molecule has 0 radical (unpaired) electrons. The average molecular weight is 182 g/mol. The van der Waals surface area contributed by atoms with Crippen LogP contribution in [-0.4, -0.2) is 11.4 Å². The number of nitrogens with one attached hydrogen (secondary N) is 1. The summed E-state index contributed by atoms with van der Waals surface area (Å²) in [7, 11) is 1.96. The maximum absolute atomic E-state index is 4.09. The highest BCUT2D eigenvalue weighted by molar-refractivity contribution is 7.05. The van der Waals surface area contributed by atoms with Gasteiger partial charge in [0.15, 0.2) is 0 Å². The second kappa shape index (κ2) is 3.83. The molecule has 66 valence electrons. The second-order valence-corrected chi connectivity index (χ2v) is 3.66. The first-order valence-corrected chi connectivity index (χ1v) is 4.74. The third kappa shape index (κ3) is 1.73. The smallest absolute Gasteiger partial charge is 0.0699 e. The monoisotopic (exact) mass is 182 g/mol. The Morgan fingerprint density at radius 2 is 2.42 bits per heavy atom. The predicted molar refractivity (Wildman–Crippen MR) is 53.3 cm³/mol. The van der Waals surface area contributed by atoms with Gasteiger partial charge in [-0.05, 0) is 38.5 Å². The van der Waals surface area contributed by atoms with E-state index in [-0.39, 0.29) is 5.54 Å². The maximum Gasteiger partial charge on any atom is 0.0699 e. The Bertz CT molecular complexity index is 254. The molecule has 0 amide bonds. The highest BCUT2D eigenvalue weighted by Gasteiger charge is 2.21. The lowest BCUT2D eigenvalue weighted by molar-refractivity contribution is 0.514. The van der Waals surface area contributed by atoms with Crippen LogP contribution in [0.4, 0.5) is 0 Å². The molecular weight excluding hydrogens is 168 g/mol. The summed E-state index contributed by atoms with van der Waals surface area (Å²) in [5.74, 6) is 0. The van der Waals surface area contributed by atoms with Crippen molar-refractivity contribution in [3.05, 3.63) is 29.3 Å². The van der Waals surface area contributed by atoms with Crippen LogP contribution in [0.5, 0.6) is 0 Å². The summed E-state index contributed by atoms with van der Waals surface area (Å²) in [6, 6.07) is 2.04. The van der Waals surface area contributed by atoms with Gasteiger partial charge >= 0.3 is 0 Å². The van der Waals surface area contributed by atoms with E-state index in [1.165, 1.54) is 16.4 Å². The van der Waals surface area contributed by atoms with Crippen LogP contribution in [0.25, 0.3) is 0 Å². The van der Waals surface area contributed by atoms with Crippen LogP contribution in [0.3, 0.4) is 0 Å². The van der Waals surface area contributed by atoms with Crippen LogP contribution in [0, 0.1) is 0 Å². The number of hydrogen-bond acceptors (Lipinski definition) is 3. The summed E-state index contributed by atoms with van der Waals surface area (Å²) in [6.07, 6.45) is 6.02. The van der Waals surface area contributed by atoms with Gasteiger partial charge in [0, 0.05) is 11.1 Å². The number of aromatic nitrogens is 1. The van der Waals surface area contributed by atoms with Crippen LogP contribution in [0.1, 0.15) is 18.7 Å². The molecule has 1 heterocycles. The quantitative estimate of drug-likeness (QED) is 0.725. The van der Waals surface area contributed by atoms with Crippen molar-refractivity contribution < 1.29 is 0 Å². The summed E-state index contributed by atoms with van der Waals surface area (Å²) in [5.41, 5.74) is -0.0596. The molecule has 1 atom stereocenters. The van der Waals surface area contributed by atoms with Crippen molar-refractivity contribution in [2.45, 2.75) is 19.4 Å². The van der Waals surface area contributed by atoms with Crippen molar-refractivity contribution in [3.63, 3.8) is 0 Å². The van der Waals surface area contributed by atoms with Gasteiger partial charge < -0.3 is 5.32 Å². The molecule has 0 aliphatic heterocycles. The minimum absolute atomic E-state index is 0.0596. The van der Waals surface area contributed by atoms with E-state index in [9.17, 15) is 0 Å². The summed E-state index contributed by atoms with van der Waals surface area (Å²) < 4.78 is 4.09. The molecule has 1 rings (SSSR count). The Balaban J connectivity index is 2.95. The fourth-order valence-corrected chi connectivity index (χ4v) is 1.82. The minimum atomic E-state index is -0.0596. The number of hydrogen-bond donors (Lipinski definition) is 1. The van der Waals surface area contributed by atoms with Crippen LogP contribution >= 0.6 is 11.5 Å². The molecule has 0 spiro atoms. The summed E-state index contributed by atoms with van der Waals surface area (Å²) >= 11 is 1.53. The maximum atomic E-state index is 4.09. The van der Waals surface area contributed by atoms with E-state index in [0.29, 0.717) is 0 Å². The van der Waals surface area contributed by atoms with E-state index in [1.807, 2.05) is 26.2 Å². The van der Waals surface area contributed by atoms with Gasteiger partial charge in [0.05, 0.1) is 5.54 Å². The summed E-state index contributed by atoms with van der Waals surface area (Å²) in [5, 5.41) is 3.27. The molecule has 0 aliphatic carbocycles. The van der Waals surface area contributed by atoms with Gasteiger partial charge in [-0.15, -0.1) is 0 Å². The van der Waals surface area contributed by atoms with Crippen LogP contribution in [0.15, 0.2) is 24.4 Å². The third-order valence-electron chi connectivity index (χ3n) is 1.97. The van der Waals surface area contributed by atoms with Crippen LogP contribution in [0.2, 0.25) is 0 Å². The van der Waals surface area contributed by atoms with Gasteiger partial charge in [0.25, 0.3) is 0 Å². The molecule has 1 aromatic heterocycles. The minimum Gasteiger partial charge on any atom is -0.307 e. The molecule has 2 nitrogen and oxygen atoms in total. The lowest BCUT2D eigenvalue weighted by Crippen LogP contribution is -2.33. The Morgan fingerprint density at radius 1 is 1.67 bits per heavy atom. The fraction of sp³-hybridized carbons (Fsp3) is 0.444. The molecule has 0 bridgehead atoms. The molecule has 1 aromatic rings. The molecular formula is C9H14N2S. The van der Waals surface area contributed by atoms with Crippen molar-refractivity contribution in [1.29, 1.82) is 0 Å². The van der Waals surface area contributed by atoms with E-state index in [4.69, 9.17) is 0 Å². The molecule has 1 N–H and O–H groups in total. The highest BCUT2D eigenvalue weighted by Crippen LogP contribution is 2.24. The van der Waals surface area contributed by atoms with Gasteiger partial charge in [-0.3, -0.25) is 0 Å². The van der Waals surface area contributed by atoms with E-state index < -0.39 is 0 Å². The molecule has 0 saturated carbocycles. The molecule has 0 aromatic carbocycles. The molecule has 0 fully saturated rings. The fourth-order valence-electron chi connectivity index (χ4n) is 1.11. The number of likely N-dealkylation sites (N-methyl/N-ethyl adjacent to an activating group) is 1. The molecule has 12 heavy (non-hydrogen) atoms. The van der Waals surface area contributed by atoms with Crippen LogP contribution in [-0.2, 0) is 5.54 Å². The number of rotatable bonds is 3. The van der Waals surface area contributed by atoms with Crippen molar-refractivity contribution >= 4 is 11.5 Å². The molecule has 1 unspecified atom stereocenters. The van der Waals surface area contributed by atoms with Crippen molar-refractivity contribution in [2.75, 3.05) is 7.05 Å². The zero-order valence-corrected chi connectivity index (χ0v) is 8.48. The van der Waals surface area contributed by atoms with Gasteiger partial charge in [0.2, 0.25) is 0 Å². The van der Waals surface area contributed by atoms with Crippen molar-refractivity contribution in [1.82, 2.24) is 9.69 Å². The van der Waals surface area contributed by atoms with Gasteiger partial charge in [0.1, 0.15) is 0 Å². The molecule has 0 aliphatic rings. The van der Waals surface area contributed by atoms with E-state index in [0.717, 1.165) is 0 Å². The molecule has 0 saturated heterocycles. The van der Waals surface area contributed by atoms with Gasteiger partial charge in [-0.25, -0.2) is 4.37 Å².